The maximum Gasteiger partial charge on any atom is 0.304 e. The molecule has 0 aromatic heterocycles. The minimum atomic E-state index is -0.751. The van der Waals surface area contributed by atoms with Crippen molar-refractivity contribution in [3.8, 4) is 0 Å². The van der Waals surface area contributed by atoms with Gasteiger partial charge in [-0.05, 0) is 6.42 Å². The molecule has 0 amide bonds. The number of hydrogen-bond acceptors (Lipinski definition) is 3. The van der Waals surface area contributed by atoms with Gasteiger partial charge in [0.15, 0.2) is 0 Å². The lowest BCUT2D eigenvalue weighted by Crippen LogP contribution is -2.24. The van der Waals surface area contributed by atoms with Gasteiger partial charge in [0.1, 0.15) is 0 Å². The van der Waals surface area contributed by atoms with Crippen LogP contribution < -0.4 is 5.32 Å². The molecule has 0 radical (unpaired) electrons. The van der Waals surface area contributed by atoms with Crippen LogP contribution in [0.5, 0.6) is 0 Å². The molecule has 0 saturated carbocycles. The van der Waals surface area contributed by atoms with Gasteiger partial charge >= 0.3 is 5.97 Å². The van der Waals surface area contributed by atoms with E-state index in [1.54, 1.807) is 7.11 Å². The molecule has 0 aromatic carbocycles. The van der Waals surface area contributed by atoms with E-state index in [2.05, 4.69) is 5.32 Å². The maximum absolute atomic E-state index is 10.3. The molecule has 1 unspecified atom stereocenters. The molecule has 4 heteroatoms. The standard InChI is InChI=1S/C7H13NO3/c1-11-6-2-5(8-4-6)3-7(9)10/h5-6,8H,2-4H2,1H3,(H,9,10)/t5?,6-/m1/s1. The molecule has 1 heterocycles. The molecule has 0 aliphatic carbocycles. The largest absolute Gasteiger partial charge is 0.481 e. The van der Waals surface area contributed by atoms with E-state index in [-0.39, 0.29) is 18.6 Å². The number of aliphatic carboxylic acids is 1. The van der Waals surface area contributed by atoms with Gasteiger partial charge < -0.3 is 15.2 Å². The van der Waals surface area contributed by atoms with Crippen molar-refractivity contribution in [2.75, 3.05) is 13.7 Å². The van der Waals surface area contributed by atoms with Gasteiger partial charge in [0.25, 0.3) is 0 Å². The fourth-order valence-electron chi connectivity index (χ4n) is 1.33. The number of hydrogen-bond donors (Lipinski definition) is 2. The second-order valence-corrected chi connectivity index (χ2v) is 2.80. The Hall–Kier alpha value is -0.610. The van der Waals surface area contributed by atoms with Crippen LogP contribution in [0.25, 0.3) is 0 Å². The van der Waals surface area contributed by atoms with Crippen molar-refractivity contribution in [2.45, 2.75) is 25.0 Å². The van der Waals surface area contributed by atoms with E-state index < -0.39 is 5.97 Å². The highest BCUT2D eigenvalue weighted by molar-refractivity contribution is 5.67. The van der Waals surface area contributed by atoms with Crippen LogP contribution in [-0.2, 0) is 9.53 Å². The van der Waals surface area contributed by atoms with Crippen molar-refractivity contribution in [3.63, 3.8) is 0 Å². The molecule has 4 nitrogen and oxygen atoms in total. The van der Waals surface area contributed by atoms with Crippen molar-refractivity contribution in [3.05, 3.63) is 0 Å². The van der Waals surface area contributed by atoms with E-state index >= 15 is 0 Å². The van der Waals surface area contributed by atoms with Gasteiger partial charge in [-0.2, -0.15) is 0 Å². The Bertz CT molecular complexity index is 149. The maximum atomic E-state index is 10.3. The first-order chi connectivity index (χ1) is 5.22. The van der Waals surface area contributed by atoms with E-state index in [4.69, 9.17) is 9.84 Å². The fraction of sp³-hybridized carbons (Fsp3) is 0.857. The van der Waals surface area contributed by atoms with E-state index in [0.29, 0.717) is 0 Å². The summed E-state index contributed by atoms with van der Waals surface area (Å²) in [5, 5.41) is 11.5. The second kappa shape index (κ2) is 3.69. The third-order valence-electron chi connectivity index (χ3n) is 1.94. The monoisotopic (exact) mass is 159 g/mol. The number of ether oxygens (including phenoxy) is 1. The first-order valence-electron chi connectivity index (χ1n) is 3.70. The Labute approximate surface area is 65.5 Å². The minimum Gasteiger partial charge on any atom is -0.481 e. The van der Waals surface area contributed by atoms with Crippen LogP contribution in [0, 0.1) is 0 Å². The van der Waals surface area contributed by atoms with Crippen LogP contribution in [0.1, 0.15) is 12.8 Å². The first-order valence-corrected chi connectivity index (χ1v) is 3.70. The van der Waals surface area contributed by atoms with Crippen molar-refractivity contribution in [1.29, 1.82) is 0 Å². The van der Waals surface area contributed by atoms with Crippen LogP contribution in [0.3, 0.4) is 0 Å². The van der Waals surface area contributed by atoms with Gasteiger partial charge in [-0.1, -0.05) is 0 Å². The van der Waals surface area contributed by atoms with Gasteiger partial charge in [-0.25, -0.2) is 0 Å². The Kier molecular flexibility index (Phi) is 2.84. The average Bonchev–Trinajstić information content (AvgIpc) is 2.34. The highest BCUT2D eigenvalue weighted by atomic mass is 16.5. The van der Waals surface area contributed by atoms with Crippen LogP contribution in [0.15, 0.2) is 0 Å². The fourth-order valence-corrected chi connectivity index (χ4v) is 1.33. The Morgan fingerprint density at radius 1 is 1.82 bits per heavy atom. The molecule has 2 atom stereocenters. The zero-order chi connectivity index (χ0) is 8.27. The number of methoxy groups -OCH3 is 1. The summed E-state index contributed by atoms with van der Waals surface area (Å²) in [6.07, 6.45) is 1.20. The lowest BCUT2D eigenvalue weighted by atomic mass is 10.1. The molecule has 64 valence electrons. The predicted molar refractivity (Wildman–Crippen MR) is 39.5 cm³/mol. The Morgan fingerprint density at radius 3 is 3.00 bits per heavy atom. The third-order valence-corrected chi connectivity index (χ3v) is 1.94. The summed E-state index contributed by atoms with van der Waals surface area (Å²) in [5.41, 5.74) is 0. The van der Waals surface area contributed by atoms with Crippen molar-refractivity contribution in [2.24, 2.45) is 0 Å². The molecule has 1 aliphatic rings. The summed E-state index contributed by atoms with van der Waals surface area (Å²) in [5.74, 6) is -0.751. The second-order valence-electron chi connectivity index (χ2n) is 2.80. The highest BCUT2D eigenvalue weighted by Crippen LogP contribution is 2.11. The summed E-state index contributed by atoms with van der Waals surface area (Å²) in [6, 6.07) is 0.0949. The number of rotatable bonds is 3. The lowest BCUT2D eigenvalue weighted by Gasteiger charge is -2.05. The van der Waals surface area contributed by atoms with Crippen LogP contribution in [-0.4, -0.2) is 36.9 Å². The highest BCUT2D eigenvalue weighted by Gasteiger charge is 2.25. The molecule has 0 spiro atoms. The van der Waals surface area contributed by atoms with Gasteiger partial charge in [0, 0.05) is 19.7 Å². The van der Waals surface area contributed by atoms with Gasteiger partial charge in [0.2, 0.25) is 0 Å². The van der Waals surface area contributed by atoms with Crippen molar-refractivity contribution in [1.82, 2.24) is 5.32 Å². The van der Waals surface area contributed by atoms with Gasteiger partial charge in [-0.15, -0.1) is 0 Å². The first kappa shape index (κ1) is 8.49. The molecule has 0 aromatic rings. The smallest absolute Gasteiger partial charge is 0.304 e. The number of carboxylic acids is 1. The van der Waals surface area contributed by atoms with E-state index in [1.165, 1.54) is 0 Å². The van der Waals surface area contributed by atoms with E-state index in [9.17, 15) is 4.79 Å². The molecular formula is C7H13NO3. The average molecular weight is 159 g/mol. The van der Waals surface area contributed by atoms with Gasteiger partial charge in [-0.3, -0.25) is 4.79 Å². The summed E-state index contributed by atoms with van der Waals surface area (Å²) < 4.78 is 5.07. The summed E-state index contributed by atoms with van der Waals surface area (Å²) >= 11 is 0. The summed E-state index contributed by atoms with van der Waals surface area (Å²) in [6.45, 7) is 0.772. The van der Waals surface area contributed by atoms with E-state index in [0.717, 1.165) is 13.0 Å². The normalized spacial score (nSPS) is 30.6. The zero-order valence-corrected chi connectivity index (χ0v) is 6.54. The Morgan fingerprint density at radius 2 is 2.55 bits per heavy atom. The molecule has 1 saturated heterocycles. The molecule has 11 heavy (non-hydrogen) atoms. The summed E-state index contributed by atoms with van der Waals surface area (Å²) in [7, 11) is 1.65. The van der Waals surface area contributed by atoms with Crippen LogP contribution in [0.2, 0.25) is 0 Å². The van der Waals surface area contributed by atoms with Crippen LogP contribution in [0.4, 0.5) is 0 Å². The zero-order valence-electron chi connectivity index (χ0n) is 6.54. The number of carboxylic acid groups (broad SMARTS) is 1. The third kappa shape index (κ3) is 2.48. The Balaban J connectivity index is 2.24. The topological polar surface area (TPSA) is 58.6 Å². The number of carbonyl (C=O) groups is 1. The molecule has 1 fully saturated rings. The minimum absolute atomic E-state index is 0.0949. The molecular weight excluding hydrogens is 146 g/mol. The van der Waals surface area contributed by atoms with Gasteiger partial charge in [0.05, 0.1) is 12.5 Å². The summed E-state index contributed by atoms with van der Waals surface area (Å²) in [4.78, 5) is 10.3. The molecule has 2 N–H and O–H groups in total. The molecule has 1 rings (SSSR count). The number of nitrogens with one attached hydrogen (secondary N) is 1. The van der Waals surface area contributed by atoms with E-state index in [1.807, 2.05) is 0 Å². The molecule has 1 aliphatic heterocycles. The van der Waals surface area contributed by atoms with Crippen molar-refractivity contribution >= 4 is 5.97 Å². The predicted octanol–water partition coefficient (Wildman–Crippen LogP) is -0.162. The van der Waals surface area contributed by atoms with Crippen molar-refractivity contribution < 1.29 is 14.6 Å². The molecule has 0 bridgehead atoms. The lowest BCUT2D eigenvalue weighted by molar-refractivity contribution is -0.137. The SMILES string of the molecule is CO[C@H]1CNC(CC(=O)O)C1. The van der Waals surface area contributed by atoms with Crippen LogP contribution >= 0.6 is 0 Å². The quantitative estimate of drug-likeness (QED) is 0.600.